The molecular formula is C12H13N3O4. The number of hydrogen-bond acceptors (Lipinski definition) is 4. The summed E-state index contributed by atoms with van der Waals surface area (Å²) in [5.74, 6) is -0.378. The summed E-state index contributed by atoms with van der Waals surface area (Å²) in [7, 11) is 0. The van der Waals surface area contributed by atoms with Crippen molar-refractivity contribution in [1.82, 2.24) is 5.32 Å². The first-order valence-electron chi connectivity index (χ1n) is 5.70. The highest BCUT2D eigenvalue weighted by Gasteiger charge is 2.41. The number of urea groups is 1. The predicted molar refractivity (Wildman–Crippen MR) is 67.8 cm³/mol. The number of non-ortho nitro benzene ring substituents is 1. The number of rotatable bonds is 2. The summed E-state index contributed by atoms with van der Waals surface area (Å²) in [4.78, 5) is 35.1. The van der Waals surface area contributed by atoms with Crippen molar-refractivity contribution in [2.24, 2.45) is 5.41 Å². The quantitative estimate of drug-likeness (QED) is 0.649. The van der Waals surface area contributed by atoms with Gasteiger partial charge in [0, 0.05) is 18.7 Å². The van der Waals surface area contributed by atoms with Crippen LogP contribution in [0.3, 0.4) is 0 Å². The van der Waals surface area contributed by atoms with E-state index in [1.165, 1.54) is 24.3 Å². The Morgan fingerprint density at radius 3 is 2.68 bits per heavy atom. The Bertz CT molecular complexity index is 568. The van der Waals surface area contributed by atoms with Gasteiger partial charge in [-0.1, -0.05) is 6.07 Å². The van der Waals surface area contributed by atoms with Crippen LogP contribution in [0.2, 0.25) is 0 Å². The second-order valence-corrected chi connectivity index (χ2v) is 4.96. The molecular weight excluding hydrogens is 250 g/mol. The van der Waals surface area contributed by atoms with Gasteiger partial charge < -0.3 is 5.32 Å². The second-order valence-electron chi connectivity index (χ2n) is 4.96. The van der Waals surface area contributed by atoms with Gasteiger partial charge in [-0.25, -0.2) is 9.69 Å². The highest BCUT2D eigenvalue weighted by molar-refractivity contribution is 6.17. The van der Waals surface area contributed by atoms with Crippen molar-refractivity contribution >= 4 is 23.3 Å². The van der Waals surface area contributed by atoms with Gasteiger partial charge in [0.05, 0.1) is 16.0 Å². The van der Waals surface area contributed by atoms with E-state index in [4.69, 9.17) is 0 Å². The summed E-state index contributed by atoms with van der Waals surface area (Å²) >= 11 is 0. The van der Waals surface area contributed by atoms with Crippen LogP contribution in [0.25, 0.3) is 0 Å². The monoisotopic (exact) mass is 263 g/mol. The number of imide groups is 1. The molecule has 7 heteroatoms. The number of carbonyl (C=O) groups is 2. The molecule has 0 saturated carbocycles. The molecule has 1 fully saturated rings. The molecule has 1 aliphatic rings. The van der Waals surface area contributed by atoms with Crippen LogP contribution in [0.4, 0.5) is 16.2 Å². The zero-order valence-corrected chi connectivity index (χ0v) is 10.5. The summed E-state index contributed by atoms with van der Waals surface area (Å²) in [6.07, 6.45) is 0. The van der Waals surface area contributed by atoms with Gasteiger partial charge >= 0.3 is 6.03 Å². The molecule has 1 aliphatic heterocycles. The number of nitro groups is 1. The van der Waals surface area contributed by atoms with Gasteiger partial charge in [-0.2, -0.15) is 0 Å². The van der Waals surface area contributed by atoms with E-state index in [9.17, 15) is 19.7 Å². The Morgan fingerprint density at radius 2 is 2.05 bits per heavy atom. The lowest BCUT2D eigenvalue weighted by Gasteiger charge is -2.35. The maximum Gasteiger partial charge on any atom is 0.328 e. The average molecular weight is 263 g/mol. The van der Waals surface area contributed by atoms with Crippen LogP contribution < -0.4 is 10.2 Å². The van der Waals surface area contributed by atoms with E-state index in [1.54, 1.807) is 13.8 Å². The first-order chi connectivity index (χ1) is 8.83. The molecule has 3 amide bonds. The van der Waals surface area contributed by atoms with Gasteiger partial charge in [0.15, 0.2) is 0 Å². The molecule has 0 unspecified atom stereocenters. The lowest BCUT2D eigenvalue weighted by Crippen LogP contribution is -2.59. The van der Waals surface area contributed by atoms with E-state index in [0.717, 1.165) is 4.90 Å². The standard InChI is InChI=1S/C12H13N3O4/c1-12(2)7-13-11(17)14(10(12)16)8-4-3-5-9(6-8)15(18)19/h3-6H,7H2,1-2H3,(H,13,17). The summed E-state index contributed by atoms with van der Waals surface area (Å²) in [6, 6.07) is 4.88. The molecule has 0 spiro atoms. The molecule has 1 saturated heterocycles. The van der Waals surface area contributed by atoms with Crippen LogP contribution in [0.5, 0.6) is 0 Å². The second kappa shape index (κ2) is 4.34. The molecule has 0 bridgehead atoms. The van der Waals surface area contributed by atoms with Gasteiger partial charge in [0.2, 0.25) is 5.91 Å². The van der Waals surface area contributed by atoms with Gasteiger partial charge in [-0.05, 0) is 19.9 Å². The third-order valence-electron chi connectivity index (χ3n) is 2.97. The van der Waals surface area contributed by atoms with E-state index < -0.39 is 16.4 Å². The van der Waals surface area contributed by atoms with Crippen LogP contribution in [0, 0.1) is 15.5 Å². The van der Waals surface area contributed by atoms with Crippen LogP contribution >= 0.6 is 0 Å². The number of nitrogens with zero attached hydrogens (tertiary/aromatic N) is 2. The molecule has 7 nitrogen and oxygen atoms in total. The topological polar surface area (TPSA) is 92.6 Å². The third kappa shape index (κ3) is 2.26. The molecule has 0 aliphatic carbocycles. The Morgan fingerprint density at radius 1 is 1.37 bits per heavy atom. The fraction of sp³-hybridized carbons (Fsp3) is 0.333. The SMILES string of the molecule is CC1(C)CNC(=O)N(c2cccc([N+](=O)[O-])c2)C1=O. The summed E-state index contributed by atoms with van der Waals surface area (Å²) in [5.41, 5.74) is -0.704. The van der Waals surface area contributed by atoms with Crippen LogP contribution in [-0.4, -0.2) is 23.4 Å². The van der Waals surface area contributed by atoms with Gasteiger partial charge in [-0.3, -0.25) is 14.9 Å². The minimum atomic E-state index is -0.738. The third-order valence-corrected chi connectivity index (χ3v) is 2.97. The summed E-state index contributed by atoms with van der Waals surface area (Å²) < 4.78 is 0. The minimum absolute atomic E-state index is 0.165. The van der Waals surface area contributed by atoms with Crippen LogP contribution in [0.1, 0.15) is 13.8 Å². The Labute approximate surface area is 109 Å². The molecule has 1 aromatic rings. The number of nitrogens with one attached hydrogen (secondary N) is 1. The molecule has 0 radical (unpaired) electrons. The maximum atomic E-state index is 12.2. The van der Waals surface area contributed by atoms with E-state index >= 15 is 0 Å². The van der Waals surface area contributed by atoms with Gasteiger partial charge in [-0.15, -0.1) is 0 Å². The number of anilines is 1. The number of amides is 3. The molecule has 100 valence electrons. The highest BCUT2D eigenvalue weighted by atomic mass is 16.6. The first-order valence-corrected chi connectivity index (χ1v) is 5.70. The Balaban J connectivity index is 2.44. The number of hydrogen-bond donors (Lipinski definition) is 1. The Hall–Kier alpha value is -2.44. The minimum Gasteiger partial charge on any atom is -0.336 e. The largest absolute Gasteiger partial charge is 0.336 e. The zero-order valence-electron chi connectivity index (χ0n) is 10.5. The maximum absolute atomic E-state index is 12.2. The molecule has 1 aromatic carbocycles. The summed E-state index contributed by atoms with van der Waals surface area (Å²) in [5, 5.41) is 13.3. The number of benzene rings is 1. The molecule has 0 aromatic heterocycles. The normalized spacial score (nSPS) is 18.1. The van der Waals surface area contributed by atoms with Crippen molar-refractivity contribution < 1.29 is 14.5 Å². The molecule has 1 heterocycles. The smallest absolute Gasteiger partial charge is 0.328 e. The fourth-order valence-corrected chi connectivity index (χ4v) is 1.83. The van der Waals surface area contributed by atoms with E-state index in [1.807, 2.05) is 0 Å². The molecule has 1 N–H and O–H groups in total. The van der Waals surface area contributed by atoms with E-state index in [0.29, 0.717) is 0 Å². The van der Waals surface area contributed by atoms with E-state index in [-0.39, 0.29) is 23.8 Å². The highest BCUT2D eigenvalue weighted by Crippen LogP contribution is 2.28. The number of carbonyl (C=O) groups excluding carboxylic acids is 2. The average Bonchev–Trinajstić information content (AvgIpc) is 2.35. The van der Waals surface area contributed by atoms with Crippen LogP contribution in [0.15, 0.2) is 24.3 Å². The molecule has 19 heavy (non-hydrogen) atoms. The van der Waals surface area contributed by atoms with Crippen molar-refractivity contribution in [3.05, 3.63) is 34.4 Å². The van der Waals surface area contributed by atoms with Crippen molar-refractivity contribution in [2.45, 2.75) is 13.8 Å². The van der Waals surface area contributed by atoms with Crippen LogP contribution in [-0.2, 0) is 4.79 Å². The summed E-state index contributed by atoms with van der Waals surface area (Å²) in [6.45, 7) is 3.66. The van der Waals surface area contributed by atoms with Gasteiger partial charge in [0.1, 0.15) is 0 Å². The van der Waals surface area contributed by atoms with Crippen molar-refractivity contribution in [2.75, 3.05) is 11.4 Å². The molecule has 2 rings (SSSR count). The van der Waals surface area contributed by atoms with Crippen molar-refractivity contribution in [3.63, 3.8) is 0 Å². The fourth-order valence-electron chi connectivity index (χ4n) is 1.83. The lowest BCUT2D eigenvalue weighted by molar-refractivity contribution is -0.384. The lowest BCUT2D eigenvalue weighted by atomic mass is 9.89. The van der Waals surface area contributed by atoms with Gasteiger partial charge in [0.25, 0.3) is 5.69 Å². The Kier molecular flexibility index (Phi) is 2.97. The van der Waals surface area contributed by atoms with E-state index in [2.05, 4.69) is 5.32 Å². The van der Waals surface area contributed by atoms with Crippen molar-refractivity contribution in [1.29, 1.82) is 0 Å². The molecule has 0 atom stereocenters. The zero-order chi connectivity index (χ0) is 14.2. The van der Waals surface area contributed by atoms with Crippen molar-refractivity contribution in [3.8, 4) is 0 Å². The number of nitro benzene ring substituents is 1. The predicted octanol–water partition coefficient (Wildman–Crippen LogP) is 1.68. The first kappa shape index (κ1) is 13.0.